The summed E-state index contributed by atoms with van der Waals surface area (Å²) in [5.74, 6) is -1.05. The van der Waals surface area contributed by atoms with Gasteiger partial charge in [0.2, 0.25) is 17.8 Å². The van der Waals surface area contributed by atoms with E-state index in [1.54, 1.807) is 0 Å². The van der Waals surface area contributed by atoms with Crippen LogP contribution in [0.3, 0.4) is 0 Å². The van der Waals surface area contributed by atoms with Gasteiger partial charge in [0.25, 0.3) is 11.2 Å². The van der Waals surface area contributed by atoms with E-state index in [1.807, 2.05) is 4.90 Å². The Bertz CT molecular complexity index is 1100. The molecule has 2 aliphatic heterocycles. The minimum absolute atomic E-state index is 0.0945. The van der Waals surface area contributed by atoms with Crippen molar-refractivity contribution in [1.82, 2.24) is 9.97 Å². The lowest BCUT2D eigenvalue weighted by molar-refractivity contribution is -0.384. The fraction of sp³-hybridized carbons (Fsp3) is 0.400. The first kappa shape index (κ1) is 20.5. The highest BCUT2D eigenvalue weighted by Gasteiger charge is 2.35. The van der Waals surface area contributed by atoms with Gasteiger partial charge in [-0.15, -0.1) is 0 Å². The van der Waals surface area contributed by atoms with E-state index in [1.165, 1.54) is 24.3 Å². The van der Waals surface area contributed by atoms with Crippen molar-refractivity contribution in [2.24, 2.45) is 5.92 Å². The van der Waals surface area contributed by atoms with Crippen molar-refractivity contribution in [2.75, 3.05) is 28.6 Å². The van der Waals surface area contributed by atoms with Crippen LogP contribution in [-0.4, -0.2) is 39.8 Å². The summed E-state index contributed by atoms with van der Waals surface area (Å²) in [4.78, 5) is 57.4. The molecule has 0 unspecified atom stereocenters. The third-order valence-electron chi connectivity index (χ3n) is 5.56. The molecular formula is C20H22N6O5. The van der Waals surface area contributed by atoms with Gasteiger partial charge in [-0.2, -0.15) is 4.98 Å². The van der Waals surface area contributed by atoms with Gasteiger partial charge in [0.05, 0.1) is 16.4 Å². The molecule has 31 heavy (non-hydrogen) atoms. The zero-order valence-electron chi connectivity index (χ0n) is 16.9. The summed E-state index contributed by atoms with van der Waals surface area (Å²) in [6, 6.07) is 5.31. The van der Waals surface area contributed by atoms with Gasteiger partial charge < -0.3 is 15.5 Å². The quantitative estimate of drug-likeness (QED) is 0.499. The molecule has 11 nitrogen and oxygen atoms in total. The Balaban J connectivity index is 1.60. The summed E-state index contributed by atoms with van der Waals surface area (Å²) in [7, 11) is 0. The first-order chi connectivity index (χ1) is 14.8. The molecule has 1 aromatic carbocycles. The number of carbonyl (C=O) groups is 2. The minimum Gasteiger partial charge on any atom is -0.342 e. The van der Waals surface area contributed by atoms with Crippen LogP contribution in [0.2, 0.25) is 0 Å². The van der Waals surface area contributed by atoms with Crippen molar-refractivity contribution in [3.8, 4) is 0 Å². The number of amides is 2. The highest BCUT2D eigenvalue weighted by atomic mass is 16.6. The van der Waals surface area contributed by atoms with Crippen molar-refractivity contribution >= 4 is 35.0 Å². The van der Waals surface area contributed by atoms with Crippen LogP contribution in [0.15, 0.2) is 29.1 Å². The number of anilines is 3. The molecule has 0 aliphatic carbocycles. The molecule has 1 aromatic heterocycles. The number of piperidine rings is 1. The topological polar surface area (TPSA) is 150 Å². The Kier molecular flexibility index (Phi) is 5.40. The van der Waals surface area contributed by atoms with E-state index in [2.05, 4.69) is 27.5 Å². The summed E-state index contributed by atoms with van der Waals surface area (Å²) in [5, 5.41) is 16.0. The first-order valence-corrected chi connectivity index (χ1v) is 10.1. The van der Waals surface area contributed by atoms with Gasteiger partial charge >= 0.3 is 0 Å². The average molecular weight is 426 g/mol. The third-order valence-corrected chi connectivity index (χ3v) is 5.56. The predicted octanol–water partition coefficient (Wildman–Crippen LogP) is 1.98. The lowest BCUT2D eigenvalue weighted by Crippen LogP contribution is -2.40. The fourth-order valence-corrected chi connectivity index (χ4v) is 4.01. The van der Waals surface area contributed by atoms with Gasteiger partial charge in [-0.1, -0.05) is 6.92 Å². The highest BCUT2D eigenvalue weighted by molar-refractivity contribution is 6.04. The molecule has 162 valence electrons. The zero-order valence-corrected chi connectivity index (χ0v) is 16.9. The Labute approximate surface area is 177 Å². The Morgan fingerprint density at radius 1 is 1.29 bits per heavy atom. The second-order valence-corrected chi connectivity index (χ2v) is 7.94. The summed E-state index contributed by atoms with van der Waals surface area (Å²) >= 11 is 0. The van der Waals surface area contributed by atoms with Crippen LogP contribution in [0.4, 0.5) is 23.1 Å². The van der Waals surface area contributed by atoms with Crippen LogP contribution < -0.4 is 21.1 Å². The molecule has 2 aromatic rings. The largest absolute Gasteiger partial charge is 0.342 e. The van der Waals surface area contributed by atoms with Crippen molar-refractivity contribution < 1.29 is 14.5 Å². The molecule has 0 spiro atoms. The number of hydrogen-bond donors (Lipinski definition) is 3. The molecule has 4 rings (SSSR count). The fourth-order valence-electron chi connectivity index (χ4n) is 4.01. The highest BCUT2D eigenvalue weighted by Crippen LogP contribution is 2.31. The number of aromatic amines is 1. The second kappa shape index (κ2) is 8.17. The predicted molar refractivity (Wildman–Crippen MR) is 113 cm³/mol. The van der Waals surface area contributed by atoms with E-state index in [9.17, 15) is 24.5 Å². The molecule has 3 N–H and O–H groups in total. The van der Waals surface area contributed by atoms with Gasteiger partial charge in [0.15, 0.2) is 0 Å². The van der Waals surface area contributed by atoms with Crippen LogP contribution in [-0.2, 0) is 9.59 Å². The lowest BCUT2D eigenvalue weighted by Gasteiger charge is -2.32. The number of benzene rings is 1. The van der Waals surface area contributed by atoms with Crippen LogP contribution in [0.1, 0.15) is 37.7 Å². The molecule has 2 atom stereocenters. The van der Waals surface area contributed by atoms with E-state index < -0.39 is 28.2 Å². The van der Waals surface area contributed by atoms with Crippen LogP contribution in [0, 0.1) is 16.0 Å². The smallest absolute Gasteiger partial charge is 0.269 e. The van der Waals surface area contributed by atoms with Crippen LogP contribution >= 0.6 is 0 Å². The van der Waals surface area contributed by atoms with E-state index in [0.29, 0.717) is 17.6 Å². The molecule has 0 bridgehead atoms. The lowest BCUT2D eigenvalue weighted by atomic mass is 9.92. The number of nitro benzene ring substituents is 1. The molecule has 0 radical (unpaired) electrons. The van der Waals surface area contributed by atoms with Crippen molar-refractivity contribution in [2.45, 2.75) is 32.1 Å². The summed E-state index contributed by atoms with van der Waals surface area (Å²) in [6.45, 7) is 3.63. The van der Waals surface area contributed by atoms with Gasteiger partial charge in [-0.25, -0.2) is 0 Å². The molecule has 2 amide bonds. The summed E-state index contributed by atoms with van der Waals surface area (Å²) < 4.78 is 0. The SMILES string of the molecule is C[C@H]1CCCN(c2nc3c(c(=O)[nH]2)[C@H](C(=O)Nc2ccc([N+](=O)[O-])cc2)CC(=O)N3)C1. The number of carbonyl (C=O) groups excluding carboxylic acids is 2. The van der Waals surface area contributed by atoms with Crippen molar-refractivity contribution in [3.05, 3.63) is 50.3 Å². The van der Waals surface area contributed by atoms with Gasteiger partial charge in [-0.3, -0.25) is 29.5 Å². The number of nitro groups is 1. The standard InChI is InChI=1S/C20H22N6O5/c1-11-3-2-8-25(10-11)20-23-17-16(19(29)24-20)14(9-15(27)22-17)18(28)21-12-4-6-13(7-5-12)26(30)31/h4-7,11,14H,2-3,8-10H2,1H3,(H,21,28)(H2,22,23,24,27,29)/t11-,14+/m0/s1. The first-order valence-electron chi connectivity index (χ1n) is 10.1. The maximum Gasteiger partial charge on any atom is 0.269 e. The van der Waals surface area contributed by atoms with Crippen LogP contribution in [0.5, 0.6) is 0 Å². The minimum atomic E-state index is -1.02. The van der Waals surface area contributed by atoms with Gasteiger partial charge in [0, 0.05) is 37.3 Å². The van der Waals surface area contributed by atoms with Crippen molar-refractivity contribution in [3.63, 3.8) is 0 Å². The number of rotatable bonds is 4. The Morgan fingerprint density at radius 3 is 2.71 bits per heavy atom. The molecule has 0 saturated carbocycles. The van der Waals surface area contributed by atoms with Crippen LogP contribution in [0.25, 0.3) is 0 Å². The molecule has 3 heterocycles. The Morgan fingerprint density at radius 2 is 2.03 bits per heavy atom. The number of fused-ring (bicyclic) bond motifs is 1. The third kappa shape index (κ3) is 4.25. The molecule has 2 aliphatic rings. The maximum atomic E-state index is 12.9. The number of non-ortho nitro benzene ring substituents is 1. The normalized spacial score (nSPS) is 20.5. The van der Waals surface area contributed by atoms with Gasteiger partial charge in [-0.05, 0) is 30.9 Å². The number of H-pyrrole nitrogens is 1. The zero-order chi connectivity index (χ0) is 22.1. The molecule has 1 saturated heterocycles. The monoisotopic (exact) mass is 426 g/mol. The number of aromatic nitrogens is 2. The van der Waals surface area contributed by atoms with E-state index in [0.717, 1.165) is 25.9 Å². The molecule has 1 fully saturated rings. The van der Waals surface area contributed by atoms with E-state index >= 15 is 0 Å². The number of nitrogens with zero attached hydrogens (tertiary/aromatic N) is 3. The molecular weight excluding hydrogens is 404 g/mol. The summed E-state index contributed by atoms with van der Waals surface area (Å²) in [5.41, 5.74) is -0.151. The number of nitrogens with one attached hydrogen (secondary N) is 3. The summed E-state index contributed by atoms with van der Waals surface area (Å²) in [6.07, 6.45) is 1.89. The maximum absolute atomic E-state index is 12.9. The number of hydrogen-bond acceptors (Lipinski definition) is 7. The second-order valence-electron chi connectivity index (χ2n) is 7.94. The Hall–Kier alpha value is -3.76. The molecule has 11 heteroatoms. The van der Waals surface area contributed by atoms with Crippen molar-refractivity contribution in [1.29, 1.82) is 0 Å². The average Bonchev–Trinajstić information content (AvgIpc) is 2.73. The van der Waals surface area contributed by atoms with E-state index in [4.69, 9.17) is 0 Å². The van der Waals surface area contributed by atoms with Gasteiger partial charge in [0.1, 0.15) is 5.82 Å². The van der Waals surface area contributed by atoms with E-state index in [-0.39, 0.29) is 23.5 Å².